The Morgan fingerprint density at radius 1 is 1.21 bits per heavy atom. The summed E-state index contributed by atoms with van der Waals surface area (Å²) in [6, 6.07) is 0.350. The van der Waals surface area contributed by atoms with Gasteiger partial charge in [0.25, 0.3) is 0 Å². The third kappa shape index (κ3) is 3.22. The highest BCUT2D eigenvalue weighted by molar-refractivity contribution is 5.75. The van der Waals surface area contributed by atoms with Gasteiger partial charge in [0.2, 0.25) is 0 Å². The van der Waals surface area contributed by atoms with E-state index in [1.54, 1.807) is 0 Å². The third-order valence-corrected chi connectivity index (χ3v) is 4.67. The van der Waals surface area contributed by atoms with Gasteiger partial charge in [0.05, 0.1) is 26.2 Å². The van der Waals surface area contributed by atoms with Crippen LogP contribution in [0.15, 0.2) is 0 Å². The minimum atomic E-state index is -4.88. The molecule has 2 aliphatic heterocycles. The van der Waals surface area contributed by atoms with Crippen LogP contribution < -0.4 is 0 Å². The highest BCUT2D eigenvalue weighted by Gasteiger charge is 2.46. The zero-order valence-corrected chi connectivity index (χ0v) is 11.2. The lowest BCUT2D eigenvalue weighted by atomic mass is 9.82. The van der Waals surface area contributed by atoms with Gasteiger partial charge in [-0.2, -0.15) is 13.2 Å². The molecule has 2 aliphatic rings. The molecule has 2 rings (SSSR count). The van der Waals surface area contributed by atoms with Crippen molar-refractivity contribution in [2.45, 2.75) is 44.3 Å². The number of ether oxygens (including phenoxy) is 1. The zero-order chi connectivity index (χ0) is 14.1. The monoisotopic (exact) mass is 280 g/mol. The van der Waals surface area contributed by atoms with Gasteiger partial charge in [-0.05, 0) is 25.7 Å². The van der Waals surface area contributed by atoms with Gasteiger partial charge in [-0.1, -0.05) is 0 Å². The number of halogens is 3. The number of hydrogen-bond acceptors (Lipinski definition) is 2. The quantitative estimate of drug-likeness (QED) is 0.574. The Bertz CT molecular complexity index is 341. The van der Waals surface area contributed by atoms with Crippen LogP contribution in [0.2, 0.25) is 0 Å². The van der Waals surface area contributed by atoms with E-state index in [9.17, 15) is 18.0 Å². The molecule has 0 saturated carbocycles. The van der Waals surface area contributed by atoms with Crippen LogP contribution in [0, 0.1) is 5.92 Å². The van der Waals surface area contributed by atoms with Crippen molar-refractivity contribution in [2.75, 3.05) is 26.7 Å². The molecule has 0 amide bonds. The average Bonchev–Trinajstić information content (AvgIpc) is 2.33. The highest BCUT2D eigenvalue weighted by atomic mass is 19.4. The summed E-state index contributed by atoms with van der Waals surface area (Å²) in [7, 11) is 2.18. The molecule has 0 unspecified atom stereocenters. The Morgan fingerprint density at radius 3 is 2.58 bits per heavy atom. The molecule has 0 bridgehead atoms. The largest absolute Gasteiger partial charge is 0.490 e. The van der Waals surface area contributed by atoms with Gasteiger partial charge < -0.3 is 9.22 Å². The first-order valence-electron chi connectivity index (χ1n) is 6.91. The number of carbonyl (C=O) groups excluding carboxylic acids is 1. The van der Waals surface area contributed by atoms with Gasteiger partial charge in [0, 0.05) is 12.3 Å². The maximum atomic E-state index is 12.1. The van der Waals surface area contributed by atoms with Gasteiger partial charge in [-0.3, -0.25) is 0 Å². The molecule has 3 atom stereocenters. The summed E-state index contributed by atoms with van der Waals surface area (Å²) in [4.78, 5) is 10.8. The number of esters is 1. The van der Waals surface area contributed by atoms with E-state index in [0.717, 1.165) is 43.3 Å². The Balaban J connectivity index is 1.94. The lowest BCUT2D eigenvalue weighted by Gasteiger charge is -2.51. The number of quaternary nitrogens is 1. The van der Waals surface area contributed by atoms with E-state index in [-0.39, 0.29) is 12.5 Å². The maximum absolute atomic E-state index is 12.1. The van der Waals surface area contributed by atoms with Crippen LogP contribution in [0.1, 0.15) is 32.1 Å². The van der Waals surface area contributed by atoms with Gasteiger partial charge >= 0.3 is 12.1 Å². The van der Waals surface area contributed by atoms with E-state index in [1.807, 2.05) is 0 Å². The predicted molar refractivity (Wildman–Crippen MR) is 63.3 cm³/mol. The fourth-order valence-electron chi connectivity index (χ4n) is 3.69. The van der Waals surface area contributed by atoms with Gasteiger partial charge in [-0.25, -0.2) is 4.79 Å². The lowest BCUT2D eigenvalue weighted by molar-refractivity contribution is -0.947. The average molecular weight is 280 g/mol. The van der Waals surface area contributed by atoms with Crippen molar-refractivity contribution in [3.63, 3.8) is 0 Å². The summed E-state index contributed by atoms with van der Waals surface area (Å²) in [5.41, 5.74) is 0. The summed E-state index contributed by atoms with van der Waals surface area (Å²) >= 11 is 0. The predicted octanol–water partition coefficient (Wildman–Crippen LogP) is 2.50. The van der Waals surface area contributed by atoms with E-state index in [4.69, 9.17) is 0 Å². The number of alkyl halides is 3. The second kappa shape index (κ2) is 5.31. The number of hydrogen-bond donors (Lipinski definition) is 0. The van der Waals surface area contributed by atoms with E-state index >= 15 is 0 Å². The van der Waals surface area contributed by atoms with Crippen LogP contribution in [0.25, 0.3) is 0 Å². The molecule has 0 aromatic rings. The molecule has 2 heterocycles. The molecule has 0 aromatic heterocycles. The first-order chi connectivity index (χ1) is 8.83. The summed E-state index contributed by atoms with van der Waals surface area (Å²) in [6.07, 6.45) is 0.333. The second-order valence-corrected chi connectivity index (χ2v) is 5.99. The molecular formula is C13H21F3NO2+. The Kier molecular flexibility index (Phi) is 4.08. The summed E-state index contributed by atoms with van der Waals surface area (Å²) < 4.78 is 41.8. The third-order valence-electron chi connectivity index (χ3n) is 4.67. The van der Waals surface area contributed by atoms with E-state index < -0.39 is 12.1 Å². The SMILES string of the molecule is C[N@+]12CCCC[C@@H]1[C@@H](COC(=O)C(F)(F)F)CCC2. The zero-order valence-electron chi connectivity index (χ0n) is 11.2. The standard InChI is InChI=1S/C13H21F3NO2/c1-17-7-3-2-6-11(17)10(5-4-8-17)9-19-12(18)13(14,15)16/h10-11H,2-9H2,1H3/q+1/t10-,11-,17-/m1/s1. The molecule has 2 saturated heterocycles. The molecular weight excluding hydrogens is 259 g/mol. The van der Waals surface area contributed by atoms with Crippen molar-refractivity contribution >= 4 is 5.97 Å². The molecule has 2 fully saturated rings. The van der Waals surface area contributed by atoms with E-state index in [2.05, 4.69) is 11.8 Å². The first-order valence-corrected chi connectivity index (χ1v) is 6.91. The topological polar surface area (TPSA) is 26.3 Å². The van der Waals surface area contributed by atoms with Crippen LogP contribution in [-0.2, 0) is 9.53 Å². The van der Waals surface area contributed by atoms with Crippen molar-refractivity contribution in [1.29, 1.82) is 0 Å². The molecule has 0 radical (unpaired) electrons. The van der Waals surface area contributed by atoms with Crippen molar-refractivity contribution in [1.82, 2.24) is 0 Å². The van der Waals surface area contributed by atoms with Crippen molar-refractivity contribution in [3.8, 4) is 0 Å². The van der Waals surface area contributed by atoms with Crippen molar-refractivity contribution < 1.29 is 27.2 Å². The normalized spacial score (nSPS) is 35.6. The lowest BCUT2D eigenvalue weighted by Crippen LogP contribution is -2.61. The maximum Gasteiger partial charge on any atom is 0.490 e. The number of nitrogens with zero attached hydrogens (tertiary/aromatic N) is 1. The molecule has 0 spiro atoms. The summed E-state index contributed by atoms with van der Waals surface area (Å²) in [5.74, 6) is -1.98. The molecule has 6 heteroatoms. The van der Waals surface area contributed by atoms with Gasteiger partial charge in [0.15, 0.2) is 0 Å². The molecule has 19 heavy (non-hydrogen) atoms. The second-order valence-electron chi connectivity index (χ2n) is 5.99. The summed E-state index contributed by atoms with van der Waals surface area (Å²) in [5, 5.41) is 0. The fraction of sp³-hybridized carbons (Fsp3) is 0.923. The van der Waals surface area contributed by atoms with Crippen LogP contribution >= 0.6 is 0 Å². The van der Waals surface area contributed by atoms with Crippen molar-refractivity contribution in [3.05, 3.63) is 0 Å². The molecule has 110 valence electrons. The molecule has 0 N–H and O–H groups in total. The molecule has 3 nitrogen and oxygen atoms in total. The summed E-state index contributed by atoms with van der Waals surface area (Å²) in [6.45, 7) is 2.10. The smallest absolute Gasteiger partial charge is 0.458 e. The van der Waals surface area contributed by atoms with Crippen LogP contribution in [-0.4, -0.2) is 49.4 Å². The number of rotatable bonds is 2. The Labute approximate surface area is 111 Å². The molecule has 0 aromatic carbocycles. The number of fused-ring (bicyclic) bond motifs is 1. The van der Waals surface area contributed by atoms with E-state index in [1.165, 1.54) is 6.42 Å². The number of piperidine rings is 2. The Hall–Kier alpha value is -0.780. The van der Waals surface area contributed by atoms with Gasteiger partial charge in [-0.15, -0.1) is 0 Å². The highest BCUT2D eigenvalue weighted by Crippen LogP contribution is 2.36. The molecule has 0 aliphatic carbocycles. The first kappa shape index (κ1) is 14.6. The fourth-order valence-corrected chi connectivity index (χ4v) is 3.69. The minimum Gasteiger partial charge on any atom is -0.458 e. The van der Waals surface area contributed by atoms with Crippen LogP contribution in [0.4, 0.5) is 13.2 Å². The minimum absolute atomic E-state index is 0.0744. The van der Waals surface area contributed by atoms with E-state index in [0.29, 0.717) is 6.04 Å². The van der Waals surface area contributed by atoms with Crippen LogP contribution in [0.5, 0.6) is 0 Å². The Morgan fingerprint density at radius 2 is 1.89 bits per heavy atom. The van der Waals surface area contributed by atoms with Gasteiger partial charge in [0.1, 0.15) is 6.61 Å². The number of carbonyl (C=O) groups is 1. The van der Waals surface area contributed by atoms with Crippen LogP contribution in [0.3, 0.4) is 0 Å². The van der Waals surface area contributed by atoms with Crippen molar-refractivity contribution in [2.24, 2.45) is 5.92 Å².